The minimum Gasteiger partial charge on any atom is -0.497 e. The van der Waals surface area contributed by atoms with Crippen molar-refractivity contribution in [1.29, 1.82) is 0 Å². The molecule has 1 aliphatic rings. The van der Waals surface area contributed by atoms with E-state index in [1.165, 1.54) is 29.9 Å². The Labute approximate surface area is 128 Å². The Hall–Kier alpha value is -0.870. The van der Waals surface area contributed by atoms with Gasteiger partial charge >= 0.3 is 0 Å². The molecule has 2 aromatic rings. The van der Waals surface area contributed by atoms with Gasteiger partial charge in [0.25, 0.3) is 0 Å². The van der Waals surface area contributed by atoms with Crippen molar-refractivity contribution >= 4 is 34.4 Å². The third-order valence-electron chi connectivity index (χ3n) is 3.94. The van der Waals surface area contributed by atoms with E-state index >= 15 is 0 Å². The van der Waals surface area contributed by atoms with E-state index in [4.69, 9.17) is 16.3 Å². The molecule has 0 atom stereocenters. The molecule has 0 unspecified atom stereocenters. The van der Waals surface area contributed by atoms with Crippen LogP contribution in [-0.2, 0) is 12.4 Å². The van der Waals surface area contributed by atoms with Crippen molar-refractivity contribution in [3.8, 4) is 5.75 Å². The maximum Gasteiger partial charge on any atom is 0.124 e. The summed E-state index contributed by atoms with van der Waals surface area (Å²) in [7, 11) is 1.68. The average Bonchev–Trinajstić information content (AvgIpc) is 2.85. The molecular weight excluding hydrogens is 292 g/mol. The number of aromatic nitrogens is 2. The lowest BCUT2D eigenvalue weighted by atomic mass is 10.0. The molecule has 20 heavy (non-hydrogen) atoms. The molecule has 0 radical (unpaired) electrons. The standard InChI is InChI=1S/C15H19ClN2OS/c1-19-12-2-3-14-13(8-12)17-15(9-16)18(14)10-11-4-6-20-7-5-11/h2-3,8,11H,4-7,9-10H2,1H3. The Kier molecular flexibility index (Phi) is 4.41. The predicted molar refractivity (Wildman–Crippen MR) is 85.9 cm³/mol. The molecule has 0 N–H and O–H groups in total. The molecule has 2 heterocycles. The molecule has 1 aliphatic heterocycles. The first kappa shape index (κ1) is 14.1. The molecule has 1 saturated heterocycles. The van der Waals surface area contributed by atoms with Crippen molar-refractivity contribution in [2.75, 3.05) is 18.6 Å². The van der Waals surface area contributed by atoms with Gasteiger partial charge in [-0.3, -0.25) is 0 Å². The fourth-order valence-corrected chi connectivity index (χ4v) is 4.19. The first-order valence-corrected chi connectivity index (χ1v) is 8.67. The normalized spacial score (nSPS) is 16.7. The number of rotatable bonds is 4. The average molecular weight is 311 g/mol. The maximum atomic E-state index is 6.08. The second kappa shape index (κ2) is 6.27. The van der Waals surface area contributed by atoms with Gasteiger partial charge < -0.3 is 9.30 Å². The Morgan fingerprint density at radius 1 is 1.40 bits per heavy atom. The second-order valence-corrected chi connectivity index (χ2v) is 6.67. The first-order valence-electron chi connectivity index (χ1n) is 6.98. The Balaban J connectivity index is 1.94. The van der Waals surface area contributed by atoms with Gasteiger partial charge in [-0.15, -0.1) is 11.6 Å². The van der Waals surface area contributed by atoms with Crippen LogP contribution in [0.5, 0.6) is 5.75 Å². The number of hydrogen-bond acceptors (Lipinski definition) is 3. The number of thioether (sulfide) groups is 1. The highest BCUT2D eigenvalue weighted by atomic mass is 35.5. The summed E-state index contributed by atoms with van der Waals surface area (Å²) in [5.74, 6) is 5.57. The summed E-state index contributed by atoms with van der Waals surface area (Å²) in [6.07, 6.45) is 2.59. The monoisotopic (exact) mass is 310 g/mol. The lowest BCUT2D eigenvalue weighted by Gasteiger charge is -2.22. The first-order chi connectivity index (χ1) is 9.81. The summed E-state index contributed by atoms with van der Waals surface area (Å²) in [5.41, 5.74) is 2.14. The molecule has 108 valence electrons. The molecular formula is C15H19ClN2OS. The van der Waals surface area contributed by atoms with Crippen LogP contribution in [0.3, 0.4) is 0 Å². The van der Waals surface area contributed by atoms with Gasteiger partial charge in [0.1, 0.15) is 11.6 Å². The SMILES string of the molecule is COc1ccc2c(c1)nc(CCl)n2CC1CCSCC1. The number of alkyl halides is 1. The molecule has 0 aliphatic carbocycles. The van der Waals surface area contributed by atoms with E-state index in [-0.39, 0.29) is 0 Å². The number of halogens is 1. The second-order valence-electron chi connectivity index (χ2n) is 5.18. The summed E-state index contributed by atoms with van der Waals surface area (Å²) in [4.78, 5) is 4.65. The minimum atomic E-state index is 0.457. The molecule has 1 fully saturated rings. The smallest absolute Gasteiger partial charge is 0.124 e. The lowest BCUT2D eigenvalue weighted by molar-refractivity contribution is 0.414. The highest BCUT2D eigenvalue weighted by Crippen LogP contribution is 2.28. The summed E-state index contributed by atoms with van der Waals surface area (Å²) >= 11 is 8.14. The van der Waals surface area contributed by atoms with E-state index in [1.807, 2.05) is 12.1 Å². The number of hydrogen-bond donors (Lipinski definition) is 0. The lowest BCUT2D eigenvalue weighted by Crippen LogP contribution is -2.17. The number of imidazole rings is 1. The van der Waals surface area contributed by atoms with Gasteiger partial charge in [0.05, 0.1) is 24.0 Å². The summed E-state index contributed by atoms with van der Waals surface area (Å²) in [6.45, 7) is 1.03. The van der Waals surface area contributed by atoms with Gasteiger partial charge in [-0.25, -0.2) is 4.98 Å². The van der Waals surface area contributed by atoms with Crippen LogP contribution in [-0.4, -0.2) is 28.2 Å². The van der Waals surface area contributed by atoms with Gasteiger partial charge in [0.15, 0.2) is 0 Å². The summed E-state index contributed by atoms with van der Waals surface area (Å²) in [6, 6.07) is 6.07. The maximum absolute atomic E-state index is 6.08. The number of nitrogens with zero attached hydrogens (tertiary/aromatic N) is 2. The fraction of sp³-hybridized carbons (Fsp3) is 0.533. The minimum absolute atomic E-state index is 0.457. The predicted octanol–water partition coefficient (Wildman–Crippen LogP) is 3.93. The molecule has 3 nitrogen and oxygen atoms in total. The van der Waals surface area contributed by atoms with Crippen LogP contribution >= 0.6 is 23.4 Å². The van der Waals surface area contributed by atoms with E-state index in [2.05, 4.69) is 27.4 Å². The quantitative estimate of drug-likeness (QED) is 0.801. The van der Waals surface area contributed by atoms with Crippen LogP contribution in [0, 0.1) is 5.92 Å². The fourth-order valence-electron chi connectivity index (χ4n) is 2.78. The molecule has 0 amide bonds. The third kappa shape index (κ3) is 2.77. The van der Waals surface area contributed by atoms with Crippen LogP contribution in [0.15, 0.2) is 18.2 Å². The van der Waals surface area contributed by atoms with Crippen molar-refractivity contribution in [3.05, 3.63) is 24.0 Å². The van der Waals surface area contributed by atoms with Crippen LogP contribution in [0.2, 0.25) is 0 Å². The largest absolute Gasteiger partial charge is 0.497 e. The molecule has 1 aromatic carbocycles. The van der Waals surface area contributed by atoms with Crippen molar-refractivity contribution < 1.29 is 4.74 Å². The molecule has 3 rings (SSSR count). The Morgan fingerprint density at radius 3 is 2.90 bits per heavy atom. The van der Waals surface area contributed by atoms with Crippen molar-refractivity contribution in [3.63, 3.8) is 0 Å². The van der Waals surface area contributed by atoms with E-state index in [9.17, 15) is 0 Å². The van der Waals surface area contributed by atoms with Crippen LogP contribution < -0.4 is 4.74 Å². The Bertz CT molecular complexity index is 593. The van der Waals surface area contributed by atoms with Crippen molar-refractivity contribution in [1.82, 2.24) is 9.55 Å². The Morgan fingerprint density at radius 2 is 2.20 bits per heavy atom. The van der Waals surface area contributed by atoms with Gasteiger partial charge in [-0.1, -0.05) is 0 Å². The van der Waals surface area contributed by atoms with Gasteiger partial charge in [-0.05, 0) is 42.4 Å². The van der Waals surface area contributed by atoms with Crippen molar-refractivity contribution in [2.45, 2.75) is 25.3 Å². The number of benzene rings is 1. The zero-order chi connectivity index (χ0) is 13.9. The van der Waals surface area contributed by atoms with E-state index in [1.54, 1.807) is 7.11 Å². The molecule has 0 bridgehead atoms. The summed E-state index contributed by atoms with van der Waals surface area (Å²) in [5, 5.41) is 0. The molecule has 0 saturated carbocycles. The summed E-state index contributed by atoms with van der Waals surface area (Å²) < 4.78 is 7.56. The number of ether oxygens (including phenoxy) is 1. The van der Waals surface area contributed by atoms with Gasteiger partial charge in [-0.2, -0.15) is 11.8 Å². The third-order valence-corrected chi connectivity index (χ3v) is 5.22. The highest BCUT2D eigenvalue weighted by Gasteiger charge is 2.18. The zero-order valence-corrected chi connectivity index (χ0v) is 13.2. The van der Waals surface area contributed by atoms with Crippen LogP contribution in [0.1, 0.15) is 18.7 Å². The topological polar surface area (TPSA) is 27.1 Å². The molecule has 5 heteroatoms. The van der Waals surface area contributed by atoms with Gasteiger partial charge in [0.2, 0.25) is 0 Å². The van der Waals surface area contributed by atoms with Gasteiger partial charge in [0, 0.05) is 12.6 Å². The van der Waals surface area contributed by atoms with Crippen LogP contribution in [0.4, 0.5) is 0 Å². The molecule has 0 spiro atoms. The van der Waals surface area contributed by atoms with Crippen molar-refractivity contribution in [2.24, 2.45) is 5.92 Å². The van der Waals surface area contributed by atoms with Crippen LogP contribution in [0.25, 0.3) is 11.0 Å². The van der Waals surface area contributed by atoms with E-state index in [0.717, 1.165) is 29.6 Å². The molecule has 1 aromatic heterocycles. The zero-order valence-electron chi connectivity index (χ0n) is 11.6. The van der Waals surface area contributed by atoms with E-state index < -0.39 is 0 Å². The van der Waals surface area contributed by atoms with E-state index in [0.29, 0.717) is 5.88 Å². The highest BCUT2D eigenvalue weighted by molar-refractivity contribution is 7.99. The number of methoxy groups -OCH3 is 1. The number of fused-ring (bicyclic) bond motifs is 1.